The summed E-state index contributed by atoms with van der Waals surface area (Å²) >= 11 is 0. The lowest BCUT2D eigenvalue weighted by Crippen LogP contribution is -2.29. The third kappa shape index (κ3) is 5.44. The molecule has 0 bridgehead atoms. The number of nitrogens with zero attached hydrogens (tertiary/aromatic N) is 1. The second kappa shape index (κ2) is 6.67. The second-order valence-electron chi connectivity index (χ2n) is 3.91. The van der Waals surface area contributed by atoms with Crippen molar-refractivity contribution >= 4 is 0 Å². The van der Waals surface area contributed by atoms with Gasteiger partial charge in [-0.25, -0.2) is 0 Å². The van der Waals surface area contributed by atoms with Crippen molar-refractivity contribution in [1.82, 2.24) is 10.4 Å². The molecule has 1 rings (SSSR count). The van der Waals surface area contributed by atoms with E-state index >= 15 is 0 Å². The maximum atomic E-state index is 11.9. The fourth-order valence-corrected chi connectivity index (χ4v) is 1.42. The Bertz CT molecular complexity index is 354. The van der Waals surface area contributed by atoms with Crippen LogP contribution in [0.1, 0.15) is 23.7 Å². The number of alkyl halides is 3. The first-order valence-electron chi connectivity index (χ1n) is 5.45. The molecule has 0 saturated heterocycles. The second-order valence-corrected chi connectivity index (χ2v) is 3.91. The molecule has 0 amide bonds. The maximum absolute atomic E-state index is 11.9. The van der Waals surface area contributed by atoms with E-state index in [1.165, 1.54) is 0 Å². The average molecular weight is 263 g/mol. The van der Waals surface area contributed by atoms with Crippen LogP contribution in [0.3, 0.4) is 0 Å². The van der Waals surface area contributed by atoms with Crippen molar-refractivity contribution in [1.29, 1.82) is 0 Å². The summed E-state index contributed by atoms with van der Waals surface area (Å²) in [5.74, 6) is 5.36. The van der Waals surface area contributed by atoms with Crippen LogP contribution in [0.2, 0.25) is 0 Å². The van der Waals surface area contributed by atoms with Gasteiger partial charge in [-0.3, -0.25) is 16.3 Å². The molecule has 4 nitrogen and oxygen atoms in total. The zero-order valence-electron chi connectivity index (χ0n) is 10.00. The van der Waals surface area contributed by atoms with Gasteiger partial charge in [0.15, 0.2) is 0 Å². The molecule has 0 aromatic carbocycles. The smallest absolute Gasteiger partial charge is 0.372 e. The Morgan fingerprint density at radius 1 is 1.44 bits per heavy atom. The molecule has 0 spiro atoms. The van der Waals surface area contributed by atoms with E-state index in [1.54, 1.807) is 6.20 Å². The summed E-state index contributed by atoms with van der Waals surface area (Å²) in [6.45, 7) is 0.583. The van der Waals surface area contributed by atoms with Crippen molar-refractivity contribution in [3.8, 4) is 0 Å². The van der Waals surface area contributed by atoms with Crippen LogP contribution in [0.15, 0.2) is 18.3 Å². The summed E-state index contributed by atoms with van der Waals surface area (Å²) in [6, 6.07) is 3.37. The van der Waals surface area contributed by atoms with Crippen LogP contribution in [0, 0.1) is 6.92 Å². The molecule has 0 fully saturated rings. The fraction of sp³-hybridized carbons (Fsp3) is 0.545. The predicted molar refractivity (Wildman–Crippen MR) is 60.5 cm³/mol. The van der Waals surface area contributed by atoms with E-state index in [2.05, 4.69) is 15.1 Å². The van der Waals surface area contributed by atoms with Crippen LogP contribution in [-0.2, 0) is 4.74 Å². The summed E-state index contributed by atoms with van der Waals surface area (Å²) < 4.78 is 40.1. The highest BCUT2D eigenvalue weighted by molar-refractivity contribution is 5.16. The van der Waals surface area contributed by atoms with Crippen molar-refractivity contribution in [2.45, 2.75) is 25.6 Å². The Hall–Kier alpha value is -1.18. The highest BCUT2D eigenvalue weighted by atomic mass is 19.4. The fourth-order valence-electron chi connectivity index (χ4n) is 1.42. The monoisotopic (exact) mass is 263 g/mol. The maximum Gasteiger partial charge on any atom is 0.411 e. The highest BCUT2D eigenvalue weighted by Gasteiger charge is 2.27. The van der Waals surface area contributed by atoms with Crippen LogP contribution < -0.4 is 11.3 Å². The number of hydrazine groups is 1. The largest absolute Gasteiger partial charge is 0.411 e. The summed E-state index contributed by atoms with van der Waals surface area (Å²) in [7, 11) is 0. The van der Waals surface area contributed by atoms with Gasteiger partial charge in [0.1, 0.15) is 6.61 Å². The Morgan fingerprint density at radius 2 is 2.17 bits per heavy atom. The third-order valence-corrected chi connectivity index (χ3v) is 2.35. The lowest BCUT2D eigenvalue weighted by Gasteiger charge is -2.16. The molecule has 0 aliphatic carbocycles. The van der Waals surface area contributed by atoms with Gasteiger partial charge in [0, 0.05) is 24.5 Å². The quantitative estimate of drug-likeness (QED) is 0.467. The van der Waals surface area contributed by atoms with Gasteiger partial charge >= 0.3 is 6.18 Å². The SMILES string of the molecule is Cc1ccc(C(CCOCC(F)(F)F)NN)cn1. The predicted octanol–water partition coefficient (Wildman–Crippen LogP) is 1.86. The molecule has 0 saturated carbocycles. The summed E-state index contributed by atoms with van der Waals surface area (Å²) in [6.07, 6.45) is -2.31. The summed E-state index contributed by atoms with van der Waals surface area (Å²) in [5.41, 5.74) is 4.22. The van der Waals surface area contributed by atoms with E-state index < -0.39 is 12.8 Å². The molecular formula is C11H16F3N3O. The Kier molecular flexibility index (Phi) is 5.52. The first-order chi connectivity index (χ1) is 8.42. The Balaban J connectivity index is 2.40. The first kappa shape index (κ1) is 14.9. The van der Waals surface area contributed by atoms with E-state index in [0.29, 0.717) is 6.42 Å². The van der Waals surface area contributed by atoms with E-state index in [1.807, 2.05) is 19.1 Å². The Labute approximate surface area is 103 Å². The molecule has 1 aromatic heterocycles. The van der Waals surface area contributed by atoms with Crippen LogP contribution in [0.5, 0.6) is 0 Å². The molecule has 102 valence electrons. The number of pyridine rings is 1. The van der Waals surface area contributed by atoms with E-state index in [-0.39, 0.29) is 12.6 Å². The topological polar surface area (TPSA) is 60.2 Å². The van der Waals surface area contributed by atoms with Gasteiger partial charge in [-0.05, 0) is 25.0 Å². The molecule has 1 aromatic rings. The zero-order chi connectivity index (χ0) is 13.6. The third-order valence-electron chi connectivity index (χ3n) is 2.35. The lowest BCUT2D eigenvalue weighted by molar-refractivity contribution is -0.174. The summed E-state index contributed by atoms with van der Waals surface area (Å²) in [4.78, 5) is 4.10. The number of aromatic nitrogens is 1. The number of ether oxygens (including phenoxy) is 1. The van der Waals surface area contributed by atoms with Crippen molar-refractivity contribution in [3.05, 3.63) is 29.6 Å². The molecule has 3 N–H and O–H groups in total. The number of rotatable bonds is 6. The van der Waals surface area contributed by atoms with Crippen molar-refractivity contribution < 1.29 is 17.9 Å². The van der Waals surface area contributed by atoms with Gasteiger partial charge in [-0.1, -0.05) is 6.07 Å². The van der Waals surface area contributed by atoms with Gasteiger partial charge in [0.05, 0.1) is 0 Å². The minimum absolute atomic E-state index is 0.0255. The standard InChI is InChI=1S/C11H16F3N3O/c1-8-2-3-9(6-16-8)10(17-15)4-5-18-7-11(12,13)14/h2-3,6,10,17H,4-5,7,15H2,1H3. The van der Waals surface area contributed by atoms with Crippen molar-refractivity contribution in [2.75, 3.05) is 13.2 Å². The molecule has 0 radical (unpaired) electrons. The van der Waals surface area contributed by atoms with E-state index in [9.17, 15) is 13.2 Å². The number of aryl methyl sites for hydroxylation is 1. The zero-order valence-corrected chi connectivity index (χ0v) is 10.00. The molecule has 18 heavy (non-hydrogen) atoms. The number of hydrogen-bond acceptors (Lipinski definition) is 4. The minimum atomic E-state index is -4.29. The average Bonchev–Trinajstić information content (AvgIpc) is 2.29. The van der Waals surface area contributed by atoms with Gasteiger partial charge in [-0.15, -0.1) is 0 Å². The van der Waals surface area contributed by atoms with Crippen LogP contribution in [0.4, 0.5) is 13.2 Å². The number of halogens is 3. The molecular weight excluding hydrogens is 247 g/mol. The minimum Gasteiger partial charge on any atom is -0.372 e. The van der Waals surface area contributed by atoms with Gasteiger partial charge < -0.3 is 4.74 Å². The van der Waals surface area contributed by atoms with Crippen molar-refractivity contribution in [3.63, 3.8) is 0 Å². The van der Waals surface area contributed by atoms with Crippen LogP contribution in [0.25, 0.3) is 0 Å². The molecule has 1 unspecified atom stereocenters. The normalized spacial score (nSPS) is 13.6. The molecule has 0 aliphatic rings. The van der Waals surface area contributed by atoms with E-state index in [0.717, 1.165) is 11.3 Å². The van der Waals surface area contributed by atoms with Crippen LogP contribution >= 0.6 is 0 Å². The highest BCUT2D eigenvalue weighted by Crippen LogP contribution is 2.17. The number of nitrogens with one attached hydrogen (secondary N) is 1. The van der Waals surface area contributed by atoms with Gasteiger partial charge in [0.25, 0.3) is 0 Å². The number of hydrogen-bond donors (Lipinski definition) is 2. The summed E-state index contributed by atoms with van der Waals surface area (Å²) in [5, 5.41) is 0. The first-order valence-corrected chi connectivity index (χ1v) is 5.45. The molecule has 0 aliphatic heterocycles. The van der Waals surface area contributed by atoms with Gasteiger partial charge in [-0.2, -0.15) is 13.2 Å². The molecule has 1 heterocycles. The number of nitrogens with two attached hydrogens (primary N) is 1. The Morgan fingerprint density at radius 3 is 2.67 bits per heavy atom. The van der Waals surface area contributed by atoms with Crippen LogP contribution in [-0.4, -0.2) is 24.4 Å². The van der Waals surface area contributed by atoms with Crippen molar-refractivity contribution in [2.24, 2.45) is 5.84 Å². The van der Waals surface area contributed by atoms with Gasteiger partial charge in [0.2, 0.25) is 0 Å². The molecule has 7 heteroatoms. The van der Waals surface area contributed by atoms with E-state index in [4.69, 9.17) is 5.84 Å². The molecule has 1 atom stereocenters. The lowest BCUT2D eigenvalue weighted by atomic mass is 10.1.